The van der Waals surface area contributed by atoms with Gasteiger partial charge >= 0.3 is 0 Å². The maximum atomic E-state index is 8.71. The van der Waals surface area contributed by atoms with Gasteiger partial charge in [-0.2, -0.15) is 0 Å². The fourth-order valence-corrected chi connectivity index (χ4v) is 1.72. The zero-order valence-electron chi connectivity index (χ0n) is 10.1. The summed E-state index contributed by atoms with van der Waals surface area (Å²) >= 11 is 0. The van der Waals surface area contributed by atoms with Crippen LogP contribution in [0.4, 0.5) is 0 Å². The molecule has 0 radical (unpaired) electrons. The standard InChI is InChI=1S/C14H12N2O3/c17-8-4-3-5-10-9-13-14(16-15-10)19-12-7-2-1-6-11(12)18-13/h1-3,5-7,9,17H,4,8H2. The van der Waals surface area contributed by atoms with Gasteiger partial charge in [0.05, 0.1) is 5.69 Å². The minimum Gasteiger partial charge on any atom is -0.448 e. The normalized spacial score (nSPS) is 12.5. The molecular weight excluding hydrogens is 244 g/mol. The van der Waals surface area contributed by atoms with Gasteiger partial charge in [0.15, 0.2) is 17.2 Å². The summed E-state index contributed by atoms with van der Waals surface area (Å²) in [6, 6.07) is 9.15. The van der Waals surface area contributed by atoms with E-state index in [0.717, 1.165) is 0 Å². The number of aromatic nitrogens is 2. The van der Waals surface area contributed by atoms with Crippen LogP contribution in [0.25, 0.3) is 6.08 Å². The Kier molecular flexibility index (Phi) is 3.12. The Morgan fingerprint density at radius 2 is 1.84 bits per heavy atom. The van der Waals surface area contributed by atoms with Crippen LogP contribution in [0.5, 0.6) is 23.1 Å². The van der Waals surface area contributed by atoms with Crippen molar-refractivity contribution < 1.29 is 14.6 Å². The molecule has 0 atom stereocenters. The fraction of sp³-hybridized carbons (Fsp3) is 0.143. The molecule has 5 nitrogen and oxygen atoms in total. The molecule has 0 spiro atoms. The monoisotopic (exact) mass is 256 g/mol. The van der Waals surface area contributed by atoms with E-state index < -0.39 is 0 Å². The Morgan fingerprint density at radius 1 is 1.05 bits per heavy atom. The summed E-state index contributed by atoms with van der Waals surface area (Å²) in [6.07, 6.45) is 4.19. The van der Waals surface area contributed by atoms with Crippen molar-refractivity contribution in [2.45, 2.75) is 6.42 Å². The van der Waals surface area contributed by atoms with Gasteiger partial charge in [-0.05, 0) is 24.6 Å². The van der Waals surface area contributed by atoms with Crippen molar-refractivity contribution >= 4 is 6.08 Å². The van der Waals surface area contributed by atoms with Crippen LogP contribution in [0.2, 0.25) is 0 Å². The van der Waals surface area contributed by atoms with Crippen molar-refractivity contribution in [1.29, 1.82) is 0 Å². The van der Waals surface area contributed by atoms with Gasteiger partial charge in [0.2, 0.25) is 0 Å². The minimum atomic E-state index is 0.113. The molecule has 0 bridgehead atoms. The summed E-state index contributed by atoms with van der Waals surface area (Å²) in [5, 5.41) is 16.7. The number of aliphatic hydroxyl groups excluding tert-OH is 1. The van der Waals surface area contributed by atoms with E-state index >= 15 is 0 Å². The van der Waals surface area contributed by atoms with Crippen molar-refractivity contribution in [3.63, 3.8) is 0 Å². The molecule has 2 heterocycles. The van der Waals surface area contributed by atoms with Gasteiger partial charge in [-0.15, -0.1) is 10.2 Å². The van der Waals surface area contributed by atoms with Crippen LogP contribution in [0.1, 0.15) is 12.1 Å². The number of nitrogens with zero attached hydrogens (tertiary/aromatic N) is 2. The van der Waals surface area contributed by atoms with Gasteiger partial charge in [0.25, 0.3) is 5.88 Å². The number of fused-ring (bicyclic) bond motifs is 2. The highest BCUT2D eigenvalue weighted by Crippen LogP contribution is 2.43. The molecule has 0 aliphatic carbocycles. The number of para-hydroxylation sites is 2. The number of ether oxygens (including phenoxy) is 2. The first kappa shape index (κ1) is 11.7. The Balaban J connectivity index is 1.87. The van der Waals surface area contributed by atoms with E-state index in [0.29, 0.717) is 35.2 Å². The van der Waals surface area contributed by atoms with Crippen LogP contribution in [0.15, 0.2) is 36.4 Å². The van der Waals surface area contributed by atoms with Crippen LogP contribution < -0.4 is 9.47 Å². The summed E-state index contributed by atoms with van der Waals surface area (Å²) in [7, 11) is 0. The third-order valence-electron chi connectivity index (χ3n) is 2.61. The molecule has 1 aliphatic heterocycles. The number of aliphatic hydroxyl groups is 1. The lowest BCUT2D eigenvalue weighted by Crippen LogP contribution is -2.02. The maximum Gasteiger partial charge on any atom is 0.282 e. The third kappa shape index (κ3) is 2.41. The van der Waals surface area contributed by atoms with Crippen molar-refractivity contribution in [2.75, 3.05) is 6.61 Å². The summed E-state index contributed by atoms with van der Waals surface area (Å²) < 4.78 is 11.3. The Hall–Kier alpha value is -2.40. The first-order valence-electron chi connectivity index (χ1n) is 5.96. The molecular formula is C14H12N2O3. The summed E-state index contributed by atoms with van der Waals surface area (Å²) in [5.74, 6) is 2.19. The Labute approximate surface area is 110 Å². The molecule has 0 unspecified atom stereocenters. The molecule has 1 aromatic carbocycles. The van der Waals surface area contributed by atoms with E-state index in [-0.39, 0.29) is 6.61 Å². The van der Waals surface area contributed by atoms with Gasteiger partial charge in [-0.3, -0.25) is 0 Å². The molecule has 1 N–H and O–H groups in total. The van der Waals surface area contributed by atoms with Gasteiger partial charge in [0.1, 0.15) is 0 Å². The molecule has 0 fully saturated rings. The van der Waals surface area contributed by atoms with Gasteiger partial charge < -0.3 is 14.6 Å². The Morgan fingerprint density at radius 3 is 2.63 bits per heavy atom. The highest BCUT2D eigenvalue weighted by Gasteiger charge is 2.20. The minimum absolute atomic E-state index is 0.113. The number of benzene rings is 1. The van der Waals surface area contributed by atoms with Crippen LogP contribution in [0.3, 0.4) is 0 Å². The molecule has 96 valence electrons. The van der Waals surface area contributed by atoms with Crippen molar-refractivity contribution in [3.05, 3.63) is 42.1 Å². The second-order valence-corrected chi connectivity index (χ2v) is 4.00. The molecule has 3 rings (SSSR count). The molecule has 2 aromatic rings. The van der Waals surface area contributed by atoms with Crippen molar-refractivity contribution in [2.24, 2.45) is 0 Å². The highest BCUT2D eigenvalue weighted by atomic mass is 16.6. The topological polar surface area (TPSA) is 64.5 Å². The maximum absolute atomic E-state index is 8.71. The predicted molar refractivity (Wildman–Crippen MR) is 69.4 cm³/mol. The lowest BCUT2D eigenvalue weighted by molar-refractivity contribution is 0.303. The van der Waals surface area contributed by atoms with E-state index in [4.69, 9.17) is 14.6 Å². The zero-order chi connectivity index (χ0) is 13.1. The molecule has 19 heavy (non-hydrogen) atoms. The van der Waals surface area contributed by atoms with E-state index in [2.05, 4.69) is 10.2 Å². The van der Waals surface area contributed by atoms with E-state index in [9.17, 15) is 0 Å². The third-order valence-corrected chi connectivity index (χ3v) is 2.61. The number of rotatable bonds is 3. The molecule has 5 heteroatoms. The van der Waals surface area contributed by atoms with Crippen LogP contribution in [-0.4, -0.2) is 21.9 Å². The predicted octanol–water partition coefficient (Wildman–Crippen LogP) is 2.77. The summed E-state index contributed by atoms with van der Waals surface area (Å²) in [4.78, 5) is 0. The largest absolute Gasteiger partial charge is 0.448 e. The first-order chi connectivity index (χ1) is 9.36. The quantitative estimate of drug-likeness (QED) is 0.780. The second kappa shape index (κ2) is 5.07. The van der Waals surface area contributed by atoms with Gasteiger partial charge in [0, 0.05) is 12.7 Å². The fourth-order valence-electron chi connectivity index (χ4n) is 1.72. The summed E-state index contributed by atoms with van der Waals surface area (Å²) in [6.45, 7) is 0.113. The lowest BCUT2D eigenvalue weighted by atomic mass is 10.2. The molecule has 0 saturated carbocycles. The molecule has 1 aromatic heterocycles. The van der Waals surface area contributed by atoms with Crippen molar-refractivity contribution in [3.8, 4) is 23.1 Å². The Bertz CT molecular complexity index is 626. The average Bonchev–Trinajstić information content (AvgIpc) is 2.45. The van der Waals surface area contributed by atoms with E-state index in [1.807, 2.05) is 30.3 Å². The van der Waals surface area contributed by atoms with Crippen LogP contribution >= 0.6 is 0 Å². The smallest absolute Gasteiger partial charge is 0.282 e. The average molecular weight is 256 g/mol. The van der Waals surface area contributed by atoms with E-state index in [1.165, 1.54) is 0 Å². The molecule has 0 amide bonds. The molecule has 1 aliphatic rings. The van der Waals surface area contributed by atoms with Crippen LogP contribution in [0, 0.1) is 0 Å². The van der Waals surface area contributed by atoms with Crippen molar-refractivity contribution in [1.82, 2.24) is 10.2 Å². The number of hydrogen-bond donors (Lipinski definition) is 1. The van der Waals surface area contributed by atoms with Gasteiger partial charge in [-0.1, -0.05) is 18.2 Å². The number of hydrogen-bond acceptors (Lipinski definition) is 5. The summed E-state index contributed by atoms with van der Waals surface area (Å²) in [5.41, 5.74) is 0.662. The lowest BCUT2D eigenvalue weighted by Gasteiger charge is -2.18. The zero-order valence-corrected chi connectivity index (χ0v) is 10.1. The highest BCUT2D eigenvalue weighted by molar-refractivity contribution is 5.55. The second-order valence-electron chi connectivity index (χ2n) is 4.00. The van der Waals surface area contributed by atoms with Gasteiger partial charge in [-0.25, -0.2) is 0 Å². The molecule has 0 saturated heterocycles. The first-order valence-corrected chi connectivity index (χ1v) is 5.96. The van der Waals surface area contributed by atoms with Crippen LogP contribution in [-0.2, 0) is 0 Å². The van der Waals surface area contributed by atoms with E-state index in [1.54, 1.807) is 12.1 Å². The SMILES string of the molecule is OCCC=Cc1cc2c(nn1)Oc1ccccc1O2.